The van der Waals surface area contributed by atoms with E-state index in [1.54, 1.807) is 0 Å². The Kier molecular flexibility index (Phi) is 1.48. The average molecular weight is 184 g/mol. The van der Waals surface area contributed by atoms with E-state index in [1.165, 1.54) is 7.05 Å². The van der Waals surface area contributed by atoms with Crippen molar-refractivity contribution in [2.45, 2.75) is 0 Å². The van der Waals surface area contributed by atoms with Crippen molar-refractivity contribution in [3.05, 3.63) is 34.3 Å². The second kappa shape index (κ2) is 2.42. The van der Waals surface area contributed by atoms with E-state index in [0.29, 0.717) is 0 Å². The number of aromatic amines is 1. The number of H-pyrrole nitrogens is 1. The normalized spacial score (nSPS) is 11.0. The lowest BCUT2D eigenvalue weighted by atomic mass is 10.3. The summed E-state index contributed by atoms with van der Waals surface area (Å²) >= 11 is 0. The fourth-order valence-electron chi connectivity index (χ4n) is 1.25. The van der Waals surface area contributed by atoms with Crippen LogP contribution in [0.5, 0.6) is 0 Å². The van der Waals surface area contributed by atoms with Crippen molar-refractivity contribution < 1.29 is 8.78 Å². The number of fused-ring (bicyclic) bond motifs is 1. The predicted molar refractivity (Wildman–Crippen MR) is 43.5 cm³/mol. The van der Waals surface area contributed by atoms with Crippen molar-refractivity contribution >= 4 is 11.0 Å². The van der Waals surface area contributed by atoms with Crippen LogP contribution in [0, 0.1) is 11.6 Å². The lowest BCUT2D eigenvalue weighted by Gasteiger charge is -1.94. The lowest BCUT2D eigenvalue weighted by molar-refractivity contribution is 0.590. The van der Waals surface area contributed by atoms with Crippen LogP contribution < -0.4 is 5.69 Å². The van der Waals surface area contributed by atoms with Gasteiger partial charge in [-0.25, -0.2) is 13.6 Å². The molecule has 5 heteroatoms. The second-order valence-corrected chi connectivity index (χ2v) is 2.77. The zero-order valence-electron chi connectivity index (χ0n) is 6.77. The highest BCUT2D eigenvalue weighted by Crippen LogP contribution is 2.15. The summed E-state index contributed by atoms with van der Waals surface area (Å²) in [5.74, 6) is -1.45. The summed E-state index contributed by atoms with van der Waals surface area (Å²) in [6.07, 6.45) is 0. The standard InChI is InChI=1S/C8H6F2N2O/c1-12-6-3-4(9)2-5(10)7(6)11-8(12)13/h2-3H,1H3,(H,11,13). The zero-order valence-corrected chi connectivity index (χ0v) is 6.77. The third kappa shape index (κ3) is 1.04. The number of hydrogen-bond donors (Lipinski definition) is 1. The van der Waals surface area contributed by atoms with Gasteiger partial charge in [-0.2, -0.15) is 0 Å². The van der Waals surface area contributed by atoms with E-state index in [1.807, 2.05) is 0 Å². The average Bonchev–Trinajstić information content (AvgIpc) is 2.32. The first-order valence-electron chi connectivity index (χ1n) is 3.63. The Morgan fingerprint density at radius 3 is 2.77 bits per heavy atom. The van der Waals surface area contributed by atoms with Crippen LogP contribution >= 0.6 is 0 Å². The van der Waals surface area contributed by atoms with E-state index in [9.17, 15) is 13.6 Å². The van der Waals surface area contributed by atoms with E-state index < -0.39 is 17.3 Å². The molecule has 0 saturated carbocycles. The molecule has 3 nitrogen and oxygen atoms in total. The van der Waals surface area contributed by atoms with E-state index in [-0.39, 0.29) is 11.0 Å². The molecule has 1 aromatic heterocycles. The third-order valence-corrected chi connectivity index (χ3v) is 1.93. The van der Waals surface area contributed by atoms with Crippen LogP contribution in [0.1, 0.15) is 0 Å². The molecular formula is C8H6F2N2O. The Labute approximate surface area is 71.6 Å². The molecule has 0 amide bonds. The van der Waals surface area contributed by atoms with Gasteiger partial charge >= 0.3 is 5.69 Å². The van der Waals surface area contributed by atoms with Gasteiger partial charge in [0.05, 0.1) is 5.52 Å². The summed E-state index contributed by atoms with van der Waals surface area (Å²) in [4.78, 5) is 13.3. The zero-order chi connectivity index (χ0) is 9.59. The minimum absolute atomic E-state index is 0.0360. The second-order valence-electron chi connectivity index (χ2n) is 2.77. The highest BCUT2D eigenvalue weighted by molar-refractivity contribution is 5.75. The quantitative estimate of drug-likeness (QED) is 0.655. The molecule has 0 unspecified atom stereocenters. The summed E-state index contributed by atoms with van der Waals surface area (Å²) in [5.41, 5.74) is -0.198. The smallest absolute Gasteiger partial charge is 0.303 e. The van der Waals surface area contributed by atoms with Gasteiger partial charge in [-0.05, 0) is 6.07 Å². The van der Waals surface area contributed by atoms with Gasteiger partial charge in [0.1, 0.15) is 11.3 Å². The number of nitrogens with zero attached hydrogens (tertiary/aromatic N) is 1. The Bertz CT molecular complexity index is 527. The van der Waals surface area contributed by atoms with Gasteiger partial charge in [0.2, 0.25) is 0 Å². The maximum absolute atomic E-state index is 13.0. The number of imidazole rings is 1. The van der Waals surface area contributed by atoms with Gasteiger partial charge in [-0.15, -0.1) is 0 Å². The summed E-state index contributed by atoms with van der Waals surface area (Å²) < 4.78 is 26.9. The number of benzene rings is 1. The molecule has 68 valence electrons. The first-order valence-corrected chi connectivity index (χ1v) is 3.63. The number of rotatable bonds is 0. The van der Waals surface area contributed by atoms with Crippen LogP contribution in [0.25, 0.3) is 11.0 Å². The lowest BCUT2D eigenvalue weighted by Crippen LogP contribution is -2.11. The largest absolute Gasteiger partial charge is 0.326 e. The Morgan fingerprint density at radius 1 is 1.38 bits per heavy atom. The van der Waals surface area contributed by atoms with Crippen LogP contribution in [0.3, 0.4) is 0 Å². The van der Waals surface area contributed by atoms with Gasteiger partial charge in [0.25, 0.3) is 0 Å². The molecule has 1 heterocycles. The minimum Gasteiger partial charge on any atom is -0.303 e. The molecular weight excluding hydrogens is 178 g/mol. The summed E-state index contributed by atoms with van der Waals surface area (Å²) in [6.45, 7) is 0. The third-order valence-electron chi connectivity index (χ3n) is 1.93. The molecule has 1 N–H and O–H groups in total. The summed E-state index contributed by atoms with van der Waals surface area (Å²) in [6, 6.07) is 1.84. The molecule has 0 aliphatic heterocycles. The van der Waals surface area contributed by atoms with Crippen LogP contribution in [0.2, 0.25) is 0 Å². The van der Waals surface area contributed by atoms with Gasteiger partial charge in [0.15, 0.2) is 5.82 Å². The van der Waals surface area contributed by atoms with Crippen LogP contribution in [-0.2, 0) is 7.05 Å². The van der Waals surface area contributed by atoms with Crippen molar-refractivity contribution in [3.8, 4) is 0 Å². The molecule has 0 fully saturated rings. The molecule has 0 atom stereocenters. The van der Waals surface area contributed by atoms with Crippen LogP contribution in [0.15, 0.2) is 16.9 Å². The molecule has 13 heavy (non-hydrogen) atoms. The van der Waals surface area contributed by atoms with Crippen molar-refractivity contribution in [1.82, 2.24) is 9.55 Å². The molecule has 0 bridgehead atoms. The maximum Gasteiger partial charge on any atom is 0.326 e. The molecule has 0 radical (unpaired) electrons. The predicted octanol–water partition coefficient (Wildman–Crippen LogP) is 1.14. The minimum atomic E-state index is -0.757. The number of aromatic nitrogens is 2. The highest BCUT2D eigenvalue weighted by Gasteiger charge is 2.09. The SMILES string of the molecule is Cn1c(=O)[nH]c2c(F)cc(F)cc21. The molecule has 0 saturated heterocycles. The van der Waals surface area contributed by atoms with Gasteiger partial charge in [-0.3, -0.25) is 4.57 Å². The van der Waals surface area contributed by atoms with Crippen molar-refractivity contribution in [3.63, 3.8) is 0 Å². The Balaban J connectivity index is 3.03. The van der Waals surface area contributed by atoms with Crippen molar-refractivity contribution in [1.29, 1.82) is 0 Å². The summed E-state index contributed by atoms with van der Waals surface area (Å²) in [5, 5.41) is 0. The Hall–Kier alpha value is -1.65. The Morgan fingerprint density at radius 2 is 2.08 bits per heavy atom. The van der Waals surface area contributed by atoms with E-state index in [2.05, 4.69) is 4.98 Å². The van der Waals surface area contributed by atoms with Crippen molar-refractivity contribution in [2.24, 2.45) is 7.05 Å². The van der Waals surface area contributed by atoms with Crippen molar-refractivity contribution in [2.75, 3.05) is 0 Å². The highest BCUT2D eigenvalue weighted by atomic mass is 19.1. The van der Waals surface area contributed by atoms with Gasteiger partial charge in [0, 0.05) is 13.1 Å². The molecule has 2 aromatic rings. The monoisotopic (exact) mass is 184 g/mol. The van der Waals surface area contributed by atoms with E-state index in [0.717, 1.165) is 16.7 Å². The van der Waals surface area contributed by atoms with Crippen LogP contribution in [0.4, 0.5) is 8.78 Å². The molecule has 0 spiro atoms. The fourth-order valence-corrected chi connectivity index (χ4v) is 1.25. The molecule has 1 aromatic carbocycles. The first kappa shape index (κ1) is 7.97. The van der Waals surface area contributed by atoms with Gasteiger partial charge < -0.3 is 4.98 Å². The topological polar surface area (TPSA) is 37.8 Å². The number of halogens is 2. The first-order chi connectivity index (χ1) is 6.09. The fraction of sp³-hybridized carbons (Fsp3) is 0.125. The molecule has 0 aliphatic rings. The maximum atomic E-state index is 13.0. The summed E-state index contributed by atoms with van der Waals surface area (Å²) in [7, 11) is 1.44. The van der Waals surface area contributed by atoms with E-state index >= 15 is 0 Å². The van der Waals surface area contributed by atoms with E-state index in [4.69, 9.17) is 0 Å². The number of nitrogens with one attached hydrogen (secondary N) is 1. The van der Waals surface area contributed by atoms with Gasteiger partial charge in [-0.1, -0.05) is 0 Å². The number of aryl methyl sites for hydroxylation is 1. The molecule has 0 aliphatic carbocycles. The molecule has 2 rings (SSSR count). The van der Waals surface area contributed by atoms with Crippen LogP contribution in [-0.4, -0.2) is 9.55 Å². The number of hydrogen-bond acceptors (Lipinski definition) is 1.